The number of carbonyl (C=O) groups is 1. The van der Waals surface area contributed by atoms with Crippen LogP contribution < -0.4 is 0 Å². The molecular weight excluding hydrogens is 332 g/mol. The van der Waals surface area contributed by atoms with Gasteiger partial charge >= 0.3 is 0 Å². The molecule has 0 radical (unpaired) electrons. The number of piperidine rings is 1. The van der Waals surface area contributed by atoms with Crippen LogP contribution in [0.3, 0.4) is 0 Å². The number of ketones is 1. The second kappa shape index (κ2) is 8.20. The Morgan fingerprint density at radius 3 is 2.52 bits per heavy atom. The van der Waals surface area contributed by atoms with Crippen molar-refractivity contribution in [1.29, 1.82) is 0 Å². The molecule has 136 valence electrons. The highest BCUT2D eigenvalue weighted by Gasteiger charge is 2.24. The van der Waals surface area contributed by atoms with Crippen molar-refractivity contribution in [3.63, 3.8) is 0 Å². The summed E-state index contributed by atoms with van der Waals surface area (Å²) in [6, 6.07) is 10.2. The number of rotatable bonds is 4. The minimum Gasteiger partial charge on any atom is -0.318 e. The summed E-state index contributed by atoms with van der Waals surface area (Å²) >= 11 is 5.99. The molecule has 2 heterocycles. The molecule has 0 amide bonds. The van der Waals surface area contributed by atoms with Crippen molar-refractivity contribution >= 4 is 17.4 Å². The Bertz CT molecular complexity index is 733. The molecule has 1 fully saturated rings. The van der Waals surface area contributed by atoms with E-state index in [1.165, 1.54) is 12.8 Å². The third-order valence-electron chi connectivity index (χ3n) is 5.16. The van der Waals surface area contributed by atoms with Gasteiger partial charge in [-0.05, 0) is 70.6 Å². The first-order chi connectivity index (χ1) is 11.5. The topological polar surface area (TPSA) is 25.2 Å². The van der Waals surface area contributed by atoms with Crippen LogP contribution >= 0.6 is 11.6 Å². The van der Waals surface area contributed by atoms with Crippen molar-refractivity contribution < 1.29 is 4.79 Å². The quantitative estimate of drug-likeness (QED) is 0.678. The zero-order chi connectivity index (χ0) is 17.3. The van der Waals surface area contributed by atoms with E-state index >= 15 is 0 Å². The van der Waals surface area contributed by atoms with Crippen LogP contribution in [-0.4, -0.2) is 34.9 Å². The van der Waals surface area contributed by atoms with E-state index in [2.05, 4.69) is 16.5 Å². The summed E-state index contributed by atoms with van der Waals surface area (Å²) in [4.78, 5) is 15.2. The largest absolute Gasteiger partial charge is 0.318 e. The second-order valence-corrected chi connectivity index (χ2v) is 7.29. The Labute approximate surface area is 156 Å². The summed E-state index contributed by atoms with van der Waals surface area (Å²) in [6.45, 7) is 5.17. The summed E-state index contributed by atoms with van der Waals surface area (Å²) in [5, 5.41) is 0.720. The summed E-state index contributed by atoms with van der Waals surface area (Å²) < 4.78 is 2.13. The highest BCUT2D eigenvalue weighted by atomic mass is 35.5. The maximum absolute atomic E-state index is 12.9. The van der Waals surface area contributed by atoms with Crippen LogP contribution in [0.4, 0.5) is 0 Å². The van der Waals surface area contributed by atoms with Gasteiger partial charge in [0.25, 0.3) is 0 Å². The molecule has 4 heteroatoms. The predicted octanol–water partition coefficient (Wildman–Crippen LogP) is 5.44. The molecule has 1 aromatic heterocycles. The van der Waals surface area contributed by atoms with E-state index in [4.69, 9.17) is 11.6 Å². The molecule has 0 spiro atoms. The van der Waals surface area contributed by atoms with E-state index in [0.717, 1.165) is 40.6 Å². The summed E-state index contributed by atoms with van der Waals surface area (Å²) in [5.74, 6) is 0.252. The molecule has 2 aromatic rings. The second-order valence-electron chi connectivity index (χ2n) is 6.85. The van der Waals surface area contributed by atoms with Crippen molar-refractivity contribution in [2.75, 3.05) is 13.6 Å². The maximum atomic E-state index is 12.9. The fraction of sp³-hybridized carbons (Fsp3) is 0.476. The number of aromatic nitrogens is 1. The fourth-order valence-corrected chi connectivity index (χ4v) is 3.88. The number of hydrogen-bond acceptors (Lipinski definition) is 2. The Hall–Kier alpha value is -1.58. The molecule has 1 aliphatic heterocycles. The monoisotopic (exact) mass is 360 g/mol. The number of Topliss-reactive ketones (excluding diaryl/α,β-unsaturated/α-hetero) is 1. The van der Waals surface area contributed by atoms with Gasteiger partial charge in [-0.1, -0.05) is 25.4 Å². The maximum Gasteiger partial charge on any atom is 0.166 e. The van der Waals surface area contributed by atoms with E-state index in [9.17, 15) is 4.79 Å². The van der Waals surface area contributed by atoms with Crippen LogP contribution in [0.1, 0.15) is 54.9 Å². The van der Waals surface area contributed by atoms with Gasteiger partial charge in [0.15, 0.2) is 5.78 Å². The Kier molecular flexibility index (Phi) is 6.47. The van der Waals surface area contributed by atoms with Gasteiger partial charge in [-0.2, -0.15) is 0 Å². The number of likely N-dealkylation sites (tertiary alicyclic amines) is 1. The Morgan fingerprint density at radius 1 is 1.20 bits per heavy atom. The Morgan fingerprint density at radius 2 is 1.88 bits per heavy atom. The standard InChI is InChI=1S/C20H25ClN2O.CH4/c1-14-12-19(20(24)13-18-6-4-5-11-22(18)3)15(2)23(14)17-9-7-16(21)8-10-17;/h7-10,12,18H,4-6,11,13H2,1-3H3;1H4. The van der Waals surface area contributed by atoms with Gasteiger partial charge in [-0.15, -0.1) is 0 Å². The zero-order valence-corrected chi connectivity index (χ0v) is 15.4. The molecule has 1 saturated heterocycles. The smallest absolute Gasteiger partial charge is 0.166 e. The molecule has 0 bridgehead atoms. The van der Waals surface area contributed by atoms with Crippen molar-refractivity contribution in [2.24, 2.45) is 0 Å². The number of carbonyl (C=O) groups excluding carboxylic acids is 1. The molecule has 1 unspecified atom stereocenters. The van der Waals surface area contributed by atoms with Gasteiger partial charge in [0, 0.05) is 40.1 Å². The number of nitrogens with zero attached hydrogens (tertiary/aromatic N) is 2. The van der Waals surface area contributed by atoms with E-state index < -0.39 is 0 Å². The van der Waals surface area contributed by atoms with Crippen molar-refractivity contribution in [1.82, 2.24) is 9.47 Å². The third kappa shape index (κ3) is 4.16. The minimum absolute atomic E-state index is 0. The SMILES string of the molecule is C.Cc1cc(C(=O)CC2CCCCN2C)c(C)n1-c1ccc(Cl)cc1. The normalized spacial score (nSPS) is 18.0. The zero-order valence-electron chi connectivity index (χ0n) is 14.7. The molecule has 1 aliphatic rings. The van der Waals surface area contributed by atoms with E-state index in [1.54, 1.807) is 0 Å². The molecule has 25 heavy (non-hydrogen) atoms. The summed E-state index contributed by atoms with van der Waals surface area (Å²) in [7, 11) is 2.13. The van der Waals surface area contributed by atoms with E-state index in [0.29, 0.717) is 12.5 Å². The molecule has 3 rings (SSSR count). The van der Waals surface area contributed by atoms with Crippen LogP contribution in [0.5, 0.6) is 0 Å². The number of hydrogen-bond donors (Lipinski definition) is 0. The third-order valence-corrected chi connectivity index (χ3v) is 5.41. The lowest BCUT2D eigenvalue weighted by Crippen LogP contribution is -2.37. The van der Waals surface area contributed by atoms with Gasteiger partial charge in [-0.3, -0.25) is 4.79 Å². The van der Waals surface area contributed by atoms with Crippen LogP contribution in [-0.2, 0) is 0 Å². The lowest BCUT2D eigenvalue weighted by Gasteiger charge is -2.31. The first-order valence-corrected chi connectivity index (χ1v) is 9.03. The van der Waals surface area contributed by atoms with Gasteiger partial charge in [0.1, 0.15) is 0 Å². The van der Waals surface area contributed by atoms with Crippen LogP contribution in [0.25, 0.3) is 5.69 Å². The minimum atomic E-state index is 0. The lowest BCUT2D eigenvalue weighted by molar-refractivity contribution is 0.0905. The van der Waals surface area contributed by atoms with Gasteiger partial charge in [0.05, 0.1) is 0 Å². The van der Waals surface area contributed by atoms with Crippen molar-refractivity contribution in [2.45, 2.75) is 53.0 Å². The first-order valence-electron chi connectivity index (χ1n) is 8.65. The summed E-state index contributed by atoms with van der Waals surface area (Å²) in [6.07, 6.45) is 4.21. The van der Waals surface area contributed by atoms with Crippen molar-refractivity contribution in [3.05, 3.63) is 52.3 Å². The molecule has 0 N–H and O–H groups in total. The van der Waals surface area contributed by atoms with Gasteiger partial charge < -0.3 is 9.47 Å². The predicted molar refractivity (Wildman–Crippen MR) is 106 cm³/mol. The molecule has 0 aliphatic carbocycles. The highest BCUT2D eigenvalue weighted by Crippen LogP contribution is 2.25. The average Bonchev–Trinajstić information content (AvgIpc) is 2.85. The van der Waals surface area contributed by atoms with Crippen molar-refractivity contribution in [3.8, 4) is 5.69 Å². The van der Waals surface area contributed by atoms with Crippen LogP contribution in [0, 0.1) is 13.8 Å². The van der Waals surface area contributed by atoms with Gasteiger partial charge in [0.2, 0.25) is 0 Å². The fourth-order valence-electron chi connectivity index (χ4n) is 3.76. The molecule has 1 atom stereocenters. The first kappa shape index (κ1) is 19.7. The highest BCUT2D eigenvalue weighted by molar-refractivity contribution is 6.30. The van der Waals surface area contributed by atoms with Gasteiger partial charge in [-0.25, -0.2) is 0 Å². The van der Waals surface area contributed by atoms with E-state index in [-0.39, 0.29) is 13.2 Å². The Balaban J connectivity index is 0.00000225. The van der Waals surface area contributed by atoms with Crippen LogP contribution in [0.2, 0.25) is 5.02 Å². The van der Waals surface area contributed by atoms with Crippen LogP contribution in [0.15, 0.2) is 30.3 Å². The molecular formula is C21H29ClN2O. The average molecular weight is 361 g/mol. The number of aryl methyl sites for hydroxylation is 1. The molecule has 3 nitrogen and oxygen atoms in total. The lowest BCUT2D eigenvalue weighted by atomic mass is 9.95. The molecule has 1 aromatic carbocycles. The number of halogens is 1. The molecule has 0 saturated carbocycles. The van der Waals surface area contributed by atoms with E-state index in [1.807, 2.05) is 44.2 Å². The summed E-state index contributed by atoms with van der Waals surface area (Å²) in [5.41, 5.74) is 3.98. The number of benzene rings is 1.